The first-order valence-electron chi connectivity index (χ1n) is 9.57. The van der Waals surface area contributed by atoms with Crippen molar-refractivity contribution < 1.29 is 31.8 Å². The van der Waals surface area contributed by atoms with Crippen LogP contribution in [0.2, 0.25) is 0 Å². The molecule has 0 radical (unpaired) electrons. The molecule has 1 heterocycles. The second kappa shape index (κ2) is 11.9. The lowest BCUT2D eigenvalue weighted by Crippen LogP contribution is -2.38. The van der Waals surface area contributed by atoms with Crippen molar-refractivity contribution in [1.29, 1.82) is 0 Å². The van der Waals surface area contributed by atoms with Crippen molar-refractivity contribution in [3.63, 3.8) is 0 Å². The molecule has 0 saturated carbocycles. The Bertz CT molecular complexity index is 999. The molecule has 1 aliphatic heterocycles. The Morgan fingerprint density at radius 2 is 1.69 bits per heavy atom. The highest BCUT2D eigenvalue weighted by molar-refractivity contribution is 8.01. The highest BCUT2D eigenvalue weighted by Gasteiger charge is 2.26. The molecule has 2 aromatic rings. The number of thiocarbonyl (C=S) groups is 1. The summed E-state index contributed by atoms with van der Waals surface area (Å²) in [6, 6.07) is 10.9. The SMILES string of the molecule is C/C(=C\C(=O)N1C(=S)CSc2ccccc21)c1ccc(OC(F)F)c(OC(F)F)c1.CC. The van der Waals surface area contributed by atoms with E-state index in [0.717, 1.165) is 17.0 Å². The zero-order valence-electron chi connectivity index (χ0n) is 17.5. The maximum absolute atomic E-state index is 12.9. The second-order valence-corrected chi connectivity index (χ2v) is 7.56. The predicted molar refractivity (Wildman–Crippen MR) is 122 cm³/mol. The molecule has 0 atom stereocenters. The summed E-state index contributed by atoms with van der Waals surface area (Å²) in [4.78, 5) is 15.7. The van der Waals surface area contributed by atoms with Crippen molar-refractivity contribution >= 4 is 46.1 Å². The molecule has 10 heteroatoms. The number of nitrogens with zero attached hydrogens (tertiary/aromatic N) is 1. The first kappa shape index (κ1) is 25.7. The Morgan fingerprint density at radius 1 is 1.06 bits per heavy atom. The van der Waals surface area contributed by atoms with E-state index in [1.165, 1.54) is 28.8 Å². The van der Waals surface area contributed by atoms with Crippen LogP contribution in [0.1, 0.15) is 26.3 Å². The number of alkyl halides is 4. The summed E-state index contributed by atoms with van der Waals surface area (Å²) < 4.78 is 58.8. The topological polar surface area (TPSA) is 38.8 Å². The van der Waals surface area contributed by atoms with Gasteiger partial charge in [0.25, 0.3) is 5.91 Å². The molecule has 0 unspecified atom stereocenters. The number of carbonyl (C=O) groups excluding carboxylic acids is 1. The van der Waals surface area contributed by atoms with Crippen molar-refractivity contribution in [2.75, 3.05) is 10.7 Å². The van der Waals surface area contributed by atoms with Gasteiger partial charge in [0.05, 0.1) is 5.69 Å². The minimum atomic E-state index is -3.23. The molecule has 0 aromatic heterocycles. The normalized spacial score (nSPS) is 13.5. The number of para-hydroxylation sites is 1. The fourth-order valence-electron chi connectivity index (χ4n) is 2.81. The molecule has 4 nitrogen and oxygen atoms in total. The maximum atomic E-state index is 12.9. The van der Waals surface area contributed by atoms with E-state index < -0.39 is 30.6 Å². The first-order chi connectivity index (χ1) is 15.3. The van der Waals surface area contributed by atoms with Gasteiger partial charge in [0.2, 0.25) is 0 Å². The van der Waals surface area contributed by atoms with Crippen LogP contribution in [0.15, 0.2) is 53.4 Å². The Labute approximate surface area is 193 Å². The summed E-state index contributed by atoms with van der Waals surface area (Å²) in [5, 5.41) is 0. The van der Waals surface area contributed by atoms with Crippen LogP contribution in [0.5, 0.6) is 11.5 Å². The number of thioether (sulfide) groups is 1. The minimum Gasteiger partial charge on any atom is -0.431 e. The molecule has 0 spiro atoms. The summed E-state index contributed by atoms with van der Waals surface area (Å²) >= 11 is 6.87. The zero-order valence-corrected chi connectivity index (χ0v) is 19.1. The van der Waals surface area contributed by atoms with E-state index in [-0.39, 0.29) is 0 Å². The third-order valence-corrected chi connectivity index (χ3v) is 5.68. The fourth-order valence-corrected chi connectivity index (χ4v) is 4.07. The molecule has 0 bridgehead atoms. The summed E-state index contributed by atoms with van der Waals surface area (Å²) in [5.41, 5.74) is 1.39. The van der Waals surface area contributed by atoms with E-state index in [9.17, 15) is 22.4 Å². The fraction of sp³-hybridized carbons (Fsp3) is 0.273. The Morgan fingerprint density at radius 3 is 2.34 bits per heavy atom. The standard InChI is InChI=1S/C20H15F4NO3S2.C2H6/c1-11(12-6-7-14(27-19(21)22)15(9-12)28-20(23)24)8-17(26)25-13-4-2-3-5-16(13)30-10-18(25)29;1-2/h2-9,19-20H,10H2,1H3;1-2H3/b11-8+;. The number of hydrogen-bond acceptors (Lipinski definition) is 5. The number of anilines is 1. The van der Waals surface area contributed by atoms with Crippen molar-refractivity contribution in [3.05, 3.63) is 54.1 Å². The number of carbonyl (C=O) groups is 1. The first-order valence-corrected chi connectivity index (χ1v) is 11.0. The Hall–Kier alpha value is -2.59. The molecule has 1 aliphatic rings. The summed E-state index contributed by atoms with van der Waals surface area (Å²) in [6.45, 7) is -0.848. The van der Waals surface area contributed by atoms with Gasteiger partial charge in [-0.1, -0.05) is 44.3 Å². The lowest BCUT2D eigenvalue weighted by molar-refractivity contribution is -0.113. The third kappa shape index (κ3) is 6.46. The number of hydrogen-bond donors (Lipinski definition) is 0. The molecule has 32 heavy (non-hydrogen) atoms. The monoisotopic (exact) mass is 487 g/mol. The molecule has 0 fully saturated rings. The smallest absolute Gasteiger partial charge is 0.387 e. The van der Waals surface area contributed by atoms with Gasteiger partial charge in [-0.2, -0.15) is 17.6 Å². The Balaban J connectivity index is 0.00000176. The van der Waals surface area contributed by atoms with E-state index in [1.54, 1.807) is 19.1 Å². The number of rotatable bonds is 6. The lowest BCUT2D eigenvalue weighted by atomic mass is 10.1. The maximum Gasteiger partial charge on any atom is 0.387 e. The van der Waals surface area contributed by atoms with E-state index >= 15 is 0 Å². The van der Waals surface area contributed by atoms with Crippen LogP contribution in [-0.4, -0.2) is 29.9 Å². The molecular formula is C22H21F4NO3S2. The number of fused-ring (bicyclic) bond motifs is 1. The van der Waals surface area contributed by atoms with E-state index in [4.69, 9.17) is 12.2 Å². The average Bonchev–Trinajstić information content (AvgIpc) is 2.75. The van der Waals surface area contributed by atoms with Gasteiger partial charge >= 0.3 is 13.2 Å². The molecule has 0 saturated heterocycles. The van der Waals surface area contributed by atoms with Crippen LogP contribution in [0.25, 0.3) is 5.57 Å². The summed E-state index contributed by atoms with van der Waals surface area (Å²) in [6.07, 6.45) is 1.30. The molecule has 3 rings (SSSR count). The van der Waals surface area contributed by atoms with Crippen molar-refractivity contribution in [1.82, 2.24) is 0 Å². The van der Waals surface area contributed by atoms with Crippen molar-refractivity contribution in [2.24, 2.45) is 0 Å². The molecule has 0 N–H and O–H groups in total. The van der Waals surface area contributed by atoms with Crippen LogP contribution < -0.4 is 14.4 Å². The average molecular weight is 488 g/mol. The molecule has 1 amide bonds. The quantitative estimate of drug-likeness (QED) is 0.255. The zero-order chi connectivity index (χ0) is 23.8. The van der Waals surface area contributed by atoms with Gasteiger partial charge in [-0.05, 0) is 42.3 Å². The predicted octanol–water partition coefficient (Wildman–Crippen LogP) is 6.79. The molecular weight excluding hydrogens is 466 g/mol. The molecule has 0 aliphatic carbocycles. The number of allylic oxidation sites excluding steroid dienone is 1. The van der Waals surface area contributed by atoms with Crippen molar-refractivity contribution in [3.8, 4) is 11.5 Å². The third-order valence-electron chi connectivity index (χ3n) is 4.10. The van der Waals surface area contributed by atoms with E-state index in [2.05, 4.69) is 9.47 Å². The van der Waals surface area contributed by atoms with Crippen LogP contribution in [0, 0.1) is 0 Å². The number of ether oxygens (including phenoxy) is 2. The number of amides is 1. The highest BCUT2D eigenvalue weighted by atomic mass is 32.2. The lowest BCUT2D eigenvalue weighted by Gasteiger charge is -2.28. The molecule has 172 valence electrons. The van der Waals surface area contributed by atoms with Crippen LogP contribution in [-0.2, 0) is 4.79 Å². The number of benzene rings is 2. The van der Waals surface area contributed by atoms with Gasteiger partial charge in [-0.3, -0.25) is 9.69 Å². The van der Waals surface area contributed by atoms with Crippen LogP contribution >= 0.6 is 24.0 Å². The largest absolute Gasteiger partial charge is 0.431 e. The summed E-state index contributed by atoms with van der Waals surface area (Å²) in [7, 11) is 0. The van der Waals surface area contributed by atoms with Gasteiger partial charge in [0, 0.05) is 16.7 Å². The van der Waals surface area contributed by atoms with Crippen LogP contribution in [0.4, 0.5) is 23.2 Å². The van der Waals surface area contributed by atoms with Gasteiger partial charge in [0.1, 0.15) is 4.99 Å². The van der Waals surface area contributed by atoms with Gasteiger partial charge in [0.15, 0.2) is 11.5 Å². The Kier molecular flexibility index (Phi) is 9.52. The van der Waals surface area contributed by atoms with E-state index in [1.807, 2.05) is 26.0 Å². The van der Waals surface area contributed by atoms with Crippen LogP contribution in [0.3, 0.4) is 0 Å². The number of halogens is 4. The second-order valence-electron chi connectivity index (χ2n) is 6.07. The highest BCUT2D eigenvalue weighted by Crippen LogP contribution is 2.36. The summed E-state index contributed by atoms with van der Waals surface area (Å²) in [5.74, 6) is -1.03. The van der Waals surface area contributed by atoms with Crippen molar-refractivity contribution in [2.45, 2.75) is 38.9 Å². The molecule has 2 aromatic carbocycles. The van der Waals surface area contributed by atoms with Gasteiger partial charge < -0.3 is 9.47 Å². The minimum absolute atomic E-state index is 0.325. The van der Waals surface area contributed by atoms with Gasteiger partial charge in [-0.15, -0.1) is 11.8 Å². The van der Waals surface area contributed by atoms with Gasteiger partial charge in [-0.25, -0.2) is 0 Å². The van der Waals surface area contributed by atoms with E-state index in [0.29, 0.717) is 27.6 Å².